The maximum Gasteiger partial charge on any atom is 0.337 e. The van der Waals surface area contributed by atoms with Gasteiger partial charge in [0.2, 0.25) is 0 Å². The highest BCUT2D eigenvalue weighted by Crippen LogP contribution is 2.31. The summed E-state index contributed by atoms with van der Waals surface area (Å²) < 4.78 is 16.8. The standard InChI is InChI=1S/C17H22O4/c1-19-17(18)13-8-7-12-9-10-16(21-15(12)11-13)20-14-5-3-2-4-6-14/h7-8,11,14,16H,2-6,9-10H2,1H3. The first-order valence-corrected chi connectivity index (χ1v) is 7.79. The van der Waals surface area contributed by atoms with E-state index in [1.54, 1.807) is 12.1 Å². The number of aryl methyl sites for hydroxylation is 1. The highest BCUT2D eigenvalue weighted by atomic mass is 16.7. The van der Waals surface area contributed by atoms with Crippen molar-refractivity contribution in [3.63, 3.8) is 0 Å². The van der Waals surface area contributed by atoms with Crippen molar-refractivity contribution in [1.82, 2.24) is 0 Å². The summed E-state index contributed by atoms with van der Waals surface area (Å²) in [6.07, 6.45) is 8.03. The van der Waals surface area contributed by atoms with Crippen LogP contribution in [0.25, 0.3) is 0 Å². The van der Waals surface area contributed by atoms with E-state index in [0.29, 0.717) is 11.7 Å². The summed E-state index contributed by atoms with van der Waals surface area (Å²) in [5.74, 6) is 0.418. The smallest absolute Gasteiger partial charge is 0.337 e. The Bertz CT molecular complexity index is 506. The highest BCUT2D eigenvalue weighted by molar-refractivity contribution is 5.89. The van der Waals surface area contributed by atoms with Crippen molar-refractivity contribution in [1.29, 1.82) is 0 Å². The normalized spacial score (nSPS) is 22.2. The molecule has 1 heterocycles. The van der Waals surface area contributed by atoms with Gasteiger partial charge in [-0.1, -0.05) is 25.3 Å². The molecule has 1 saturated carbocycles. The van der Waals surface area contributed by atoms with Gasteiger partial charge in [-0.3, -0.25) is 0 Å². The van der Waals surface area contributed by atoms with Gasteiger partial charge in [0, 0.05) is 6.42 Å². The monoisotopic (exact) mass is 290 g/mol. The lowest BCUT2D eigenvalue weighted by Crippen LogP contribution is -2.31. The minimum Gasteiger partial charge on any atom is -0.465 e. The van der Waals surface area contributed by atoms with Gasteiger partial charge >= 0.3 is 5.97 Å². The maximum atomic E-state index is 11.6. The van der Waals surface area contributed by atoms with E-state index in [4.69, 9.17) is 14.2 Å². The van der Waals surface area contributed by atoms with Crippen molar-refractivity contribution in [3.8, 4) is 5.75 Å². The van der Waals surface area contributed by atoms with Crippen molar-refractivity contribution in [2.45, 2.75) is 57.3 Å². The van der Waals surface area contributed by atoms with Gasteiger partial charge in [-0.2, -0.15) is 0 Å². The summed E-state index contributed by atoms with van der Waals surface area (Å²) in [4.78, 5) is 11.6. The van der Waals surface area contributed by atoms with Crippen molar-refractivity contribution < 1.29 is 19.0 Å². The molecule has 0 amide bonds. The molecule has 3 rings (SSSR count). The van der Waals surface area contributed by atoms with Crippen LogP contribution in [0.1, 0.15) is 54.4 Å². The average molecular weight is 290 g/mol. The molecule has 1 unspecified atom stereocenters. The Kier molecular flexibility index (Phi) is 4.44. The number of ether oxygens (including phenoxy) is 3. The number of hydrogen-bond donors (Lipinski definition) is 0. The fraction of sp³-hybridized carbons (Fsp3) is 0.588. The summed E-state index contributed by atoms with van der Waals surface area (Å²) >= 11 is 0. The third-order valence-electron chi connectivity index (χ3n) is 4.29. The van der Waals surface area contributed by atoms with E-state index >= 15 is 0 Å². The topological polar surface area (TPSA) is 44.8 Å². The Morgan fingerprint density at radius 2 is 2.00 bits per heavy atom. The molecule has 1 aliphatic carbocycles. The van der Waals surface area contributed by atoms with Gasteiger partial charge in [0.05, 0.1) is 18.8 Å². The first kappa shape index (κ1) is 14.4. The van der Waals surface area contributed by atoms with Gasteiger partial charge in [0.25, 0.3) is 0 Å². The van der Waals surface area contributed by atoms with Crippen LogP contribution in [0.5, 0.6) is 5.75 Å². The molecule has 0 N–H and O–H groups in total. The molecule has 0 bridgehead atoms. The summed E-state index contributed by atoms with van der Waals surface area (Å²) in [5, 5.41) is 0. The predicted octanol–water partition coefficient (Wildman–Crippen LogP) is 3.47. The molecule has 21 heavy (non-hydrogen) atoms. The fourth-order valence-electron chi connectivity index (χ4n) is 3.10. The zero-order valence-corrected chi connectivity index (χ0v) is 12.5. The predicted molar refractivity (Wildman–Crippen MR) is 78.5 cm³/mol. The van der Waals surface area contributed by atoms with E-state index in [9.17, 15) is 4.79 Å². The molecule has 1 aliphatic heterocycles. The zero-order chi connectivity index (χ0) is 14.7. The second-order valence-corrected chi connectivity index (χ2v) is 5.80. The number of carbonyl (C=O) groups is 1. The van der Waals surface area contributed by atoms with Crippen molar-refractivity contribution in [3.05, 3.63) is 29.3 Å². The second kappa shape index (κ2) is 6.48. The van der Waals surface area contributed by atoms with Crippen LogP contribution in [0.3, 0.4) is 0 Å². The van der Waals surface area contributed by atoms with Crippen LogP contribution in [-0.4, -0.2) is 25.5 Å². The molecular weight excluding hydrogens is 268 g/mol. The molecule has 4 nitrogen and oxygen atoms in total. The van der Waals surface area contributed by atoms with Crippen LogP contribution in [0.15, 0.2) is 18.2 Å². The van der Waals surface area contributed by atoms with Gasteiger partial charge in [-0.15, -0.1) is 0 Å². The number of rotatable bonds is 3. The first-order chi connectivity index (χ1) is 10.3. The Hall–Kier alpha value is -1.55. The SMILES string of the molecule is COC(=O)c1ccc2c(c1)OC(OC1CCCCC1)CC2. The molecule has 2 aliphatic rings. The van der Waals surface area contributed by atoms with Gasteiger partial charge in [0.15, 0.2) is 6.29 Å². The largest absolute Gasteiger partial charge is 0.465 e. The van der Waals surface area contributed by atoms with E-state index in [1.807, 2.05) is 6.07 Å². The van der Waals surface area contributed by atoms with E-state index in [1.165, 1.54) is 26.4 Å². The molecule has 0 aromatic heterocycles. The lowest BCUT2D eigenvalue weighted by molar-refractivity contribution is -0.136. The summed E-state index contributed by atoms with van der Waals surface area (Å²) in [6.45, 7) is 0. The van der Waals surface area contributed by atoms with Gasteiger partial charge in [0.1, 0.15) is 5.75 Å². The Morgan fingerprint density at radius 1 is 1.19 bits per heavy atom. The Morgan fingerprint density at radius 3 is 2.76 bits per heavy atom. The number of hydrogen-bond acceptors (Lipinski definition) is 4. The minimum atomic E-state index is -0.336. The molecule has 1 aromatic rings. The van der Waals surface area contributed by atoms with E-state index in [0.717, 1.165) is 37.0 Å². The maximum absolute atomic E-state index is 11.6. The number of esters is 1. The van der Waals surface area contributed by atoms with Crippen LogP contribution < -0.4 is 4.74 Å². The summed E-state index contributed by atoms with van der Waals surface area (Å²) in [7, 11) is 1.39. The fourth-order valence-corrected chi connectivity index (χ4v) is 3.10. The number of benzene rings is 1. The summed E-state index contributed by atoms with van der Waals surface area (Å²) in [6, 6.07) is 5.49. The van der Waals surface area contributed by atoms with Crippen LogP contribution in [0.2, 0.25) is 0 Å². The molecule has 0 spiro atoms. The van der Waals surface area contributed by atoms with Gasteiger partial charge < -0.3 is 14.2 Å². The van der Waals surface area contributed by atoms with E-state index in [2.05, 4.69) is 0 Å². The molecule has 4 heteroatoms. The quantitative estimate of drug-likeness (QED) is 0.800. The van der Waals surface area contributed by atoms with Crippen LogP contribution >= 0.6 is 0 Å². The molecular formula is C17H22O4. The minimum absolute atomic E-state index is 0.187. The first-order valence-electron chi connectivity index (χ1n) is 7.79. The molecule has 1 atom stereocenters. The average Bonchev–Trinajstić information content (AvgIpc) is 2.54. The van der Waals surface area contributed by atoms with Gasteiger partial charge in [-0.25, -0.2) is 4.79 Å². The second-order valence-electron chi connectivity index (χ2n) is 5.80. The van der Waals surface area contributed by atoms with Crippen LogP contribution in [-0.2, 0) is 15.9 Å². The van der Waals surface area contributed by atoms with Crippen molar-refractivity contribution in [2.24, 2.45) is 0 Å². The van der Waals surface area contributed by atoms with E-state index in [-0.39, 0.29) is 12.3 Å². The third kappa shape index (κ3) is 3.38. The number of carbonyl (C=O) groups excluding carboxylic acids is 1. The lowest BCUT2D eigenvalue weighted by atomic mass is 9.97. The Balaban J connectivity index is 1.67. The molecule has 1 aromatic carbocycles. The molecule has 114 valence electrons. The number of fused-ring (bicyclic) bond motifs is 1. The van der Waals surface area contributed by atoms with Crippen LogP contribution in [0, 0.1) is 0 Å². The molecule has 0 saturated heterocycles. The molecule has 0 radical (unpaired) electrons. The molecule has 1 fully saturated rings. The Labute approximate surface area is 125 Å². The van der Waals surface area contributed by atoms with Crippen LogP contribution in [0.4, 0.5) is 0 Å². The van der Waals surface area contributed by atoms with Gasteiger partial charge in [-0.05, 0) is 37.0 Å². The lowest BCUT2D eigenvalue weighted by Gasteiger charge is -2.31. The number of methoxy groups -OCH3 is 1. The van der Waals surface area contributed by atoms with Crippen molar-refractivity contribution >= 4 is 5.97 Å². The highest BCUT2D eigenvalue weighted by Gasteiger charge is 2.25. The third-order valence-corrected chi connectivity index (χ3v) is 4.29. The summed E-state index contributed by atoms with van der Waals surface area (Å²) in [5.41, 5.74) is 1.65. The zero-order valence-electron chi connectivity index (χ0n) is 12.5. The van der Waals surface area contributed by atoms with E-state index < -0.39 is 0 Å². The van der Waals surface area contributed by atoms with Crippen molar-refractivity contribution in [2.75, 3.05) is 7.11 Å².